The second kappa shape index (κ2) is 10.2. The largest absolute Gasteiger partial charge is 0.365 e. The smallest absolute Gasteiger partial charge is 0.251 e. The molecule has 2 aromatic rings. The number of benzene rings is 1. The fourth-order valence-corrected chi connectivity index (χ4v) is 5.62. The van der Waals surface area contributed by atoms with Crippen molar-refractivity contribution >= 4 is 39.9 Å². The highest BCUT2D eigenvalue weighted by atomic mass is 32.2. The first-order valence-electron chi connectivity index (χ1n) is 9.82. The normalized spacial score (nSPS) is 13.9. The van der Waals surface area contributed by atoms with E-state index in [2.05, 4.69) is 17.1 Å². The van der Waals surface area contributed by atoms with E-state index in [0.29, 0.717) is 23.4 Å². The molecule has 0 saturated carbocycles. The molecule has 3 N–H and O–H groups in total. The second-order valence-electron chi connectivity index (χ2n) is 7.05. The lowest BCUT2D eigenvalue weighted by Crippen LogP contribution is -2.31. The van der Waals surface area contributed by atoms with E-state index in [0.717, 1.165) is 53.6 Å². The number of anilines is 1. The maximum absolute atomic E-state index is 12.9. The van der Waals surface area contributed by atoms with Gasteiger partial charge in [-0.1, -0.05) is 6.92 Å². The molecule has 0 spiro atoms. The van der Waals surface area contributed by atoms with Crippen LogP contribution in [0.5, 0.6) is 0 Å². The van der Waals surface area contributed by atoms with Crippen molar-refractivity contribution in [3.05, 3.63) is 46.1 Å². The maximum atomic E-state index is 12.9. The molecule has 1 aromatic carbocycles. The highest BCUT2D eigenvalue weighted by molar-refractivity contribution is 7.99. The van der Waals surface area contributed by atoms with Gasteiger partial charge in [-0.05, 0) is 61.4 Å². The first-order valence-corrected chi connectivity index (χ1v) is 11.6. The van der Waals surface area contributed by atoms with Crippen LogP contribution in [0.2, 0.25) is 0 Å². The molecule has 156 valence electrons. The van der Waals surface area contributed by atoms with E-state index in [9.17, 15) is 14.0 Å². The van der Waals surface area contributed by atoms with Crippen LogP contribution in [0.15, 0.2) is 29.2 Å². The number of hydrogen-bond acceptors (Lipinski definition) is 5. The van der Waals surface area contributed by atoms with Crippen LogP contribution >= 0.6 is 23.1 Å². The van der Waals surface area contributed by atoms with E-state index in [4.69, 9.17) is 5.73 Å². The molecule has 5 nitrogen and oxygen atoms in total. The number of halogens is 1. The number of fused-ring (bicyclic) bond motifs is 1. The Hall–Kier alpha value is -1.90. The van der Waals surface area contributed by atoms with Gasteiger partial charge in [0.2, 0.25) is 5.91 Å². The monoisotopic (exact) mass is 435 g/mol. The molecule has 0 radical (unpaired) electrons. The summed E-state index contributed by atoms with van der Waals surface area (Å²) >= 11 is 3.06. The number of nitrogens with zero attached hydrogens (tertiary/aromatic N) is 1. The van der Waals surface area contributed by atoms with Gasteiger partial charge in [-0.2, -0.15) is 0 Å². The van der Waals surface area contributed by atoms with Crippen molar-refractivity contribution in [1.82, 2.24) is 4.90 Å². The standard InChI is InChI=1S/C21H26FN3O2S2/c1-2-10-25-11-9-16-17(13-25)29-21(19(16)20(23)27)24-18(26)4-3-12-28-15-7-5-14(22)6-8-15/h5-8H,2-4,9-13H2,1H3,(H2,23,27)(H,24,26). The zero-order valence-electron chi connectivity index (χ0n) is 16.5. The molecule has 0 bridgehead atoms. The molecular formula is C21H26FN3O2S2. The molecule has 29 heavy (non-hydrogen) atoms. The minimum Gasteiger partial charge on any atom is -0.365 e. The van der Waals surface area contributed by atoms with Crippen LogP contribution in [0.4, 0.5) is 9.39 Å². The van der Waals surface area contributed by atoms with E-state index < -0.39 is 5.91 Å². The van der Waals surface area contributed by atoms with E-state index >= 15 is 0 Å². The summed E-state index contributed by atoms with van der Waals surface area (Å²) in [5.41, 5.74) is 7.10. The lowest BCUT2D eigenvalue weighted by atomic mass is 10.0. The zero-order chi connectivity index (χ0) is 20.8. The fraction of sp³-hybridized carbons (Fsp3) is 0.429. The highest BCUT2D eigenvalue weighted by Gasteiger charge is 2.27. The van der Waals surface area contributed by atoms with Crippen molar-refractivity contribution in [3.63, 3.8) is 0 Å². The Morgan fingerprint density at radius 2 is 2.07 bits per heavy atom. The Bertz CT molecular complexity index is 868. The Morgan fingerprint density at radius 3 is 2.76 bits per heavy atom. The quantitative estimate of drug-likeness (QED) is 0.456. The van der Waals surface area contributed by atoms with Gasteiger partial charge >= 0.3 is 0 Å². The van der Waals surface area contributed by atoms with E-state index in [1.54, 1.807) is 23.9 Å². The van der Waals surface area contributed by atoms with Crippen LogP contribution in [-0.2, 0) is 17.8 Å². The van der Waals surface area contributed by atoms with Gasteiger partial charge in [-0.25, -0.2) is 4.39 Å². The summed E-state index contributed by atoms with van der Waals surface area (Å²) in [6.07, 6.45) is 2.92. The van der Waals surface area contributed by atoms with Crippen molar-refractivity contribution in [3.8, 4) is 0 Å². The summed E-state index contributed by atoms with van der Waals surface area (Å²) < 4.78 is 12.9. The molecule has 0 atom stereocenters. The number of thiophene rings is 1. The third-order valence-electron chi connectivity index (χ3n) is 4.81. The van der Waals surface area contributed by atoms with E-state index in [1.807, 2.05) is 0 Å². The topological polar surface area (TPSA) is 75.4 Å². The van der Waals surface area contributed by atoms with Crippen molar-refractivity contribution < 1.29 is 14.0 Å². The molecule has 0 aliphatic carbocycles. The van der Waals surface area contributed by atoms with Crippen molar-refractivity contribution in [1.29, 1.82) is 0 Å². The van der Waals surface area contributed by atoms with Gasteiger partial charge in [0, 0.05) is 29.3 Å². The second-order valence-corrected chi connectivity index (χ2v) is 9.33. The molecule has 2 amide bonds. The molecule has 0 fully saturated rings. The number of carbonyl (C=O) groups excluding carboxylic acids is 2. The number of carbonyl (C=O) groups is 2. The van der Waals surface area contributed by atoms with Crippen LogP contribution in [0.25, 0.3) is 0 Å². The van der Waals surface area contributed by atoms with Gasteiger partial charge in [0.15, 0.2) is 0 Å². The van der Waals surface area contributed by atoms with Gasteiger partial charge < -0.3 is 11.1 Å². The predicted octanol–water partition coefficient (Wildman–Crippen LogP) is 4.27. The predicted molar refractivity (Wildman–Crippen MR) is 117 cm³/mol. The van der Waals surface area contributed by atoms with Crippen LogP contribution in [0.3, 0.4) is 0 Å². The van der Waals surface area contributed by atoms with Crippen molar-refractivity contribution in [2.24, 2.45) is 5.73 Å². The van der Waals surface area contributed by atoms with E-state index in [-0.39, 0.29) is 11.7 Å². The fourth-order valence-electron chi connectivity index (χ4n) is 3.45. The Balaban J connectivity index is 1.55. The molecule has 1 aliphatic rings. The number of nitrogens with one attached hydrogen (secondary N) is 1. The number of hydrogen-bond donors (Lipinski definition) is 2. The van der Waals surface area contributed by atoms with Crippen LogP contribution in [0.1, 0.15) is 47.0 Å². The average molecular weight is 436 g/mol. The van der Waals surface area contributed by atoms with Gasteiger partial charge in [-0.15, -0.1) is 23.1 Å². The van der Waals surface area contributed by atoms with Gasteiger partial charge in [-0.3, -0.25) is 14.5 Å². The van der Waals surface area contributed by atoms with Crippen LogP contribution < -0.4 is 11.1 Å². The summed E-state index contributed by atoms with van der Waals surface area (Å²) in [6, 6.07) is 6.33. The van der Waals surface area contributed by atoms with Gasteiger partial charge in [0.25, 0.3) is 5.91 Å². The molecule has 0 saturated heterocycles. The number of nitrogens with two attached hydrogens (primary N) is 1. The molecule has 0 unspecified atom stereocenters. The van der Waals surface area contributed by atoms with Crippen LogP contribution in [0, 0.1) is 5.82 Å². The van der Waals surface area contributed by atoms with Crippen molar-refractivity contribution in [2.45, 2.75) is 44.0 Å². The molecule has 8 heteroatoms. The lowest BCUT2D eigenvalue weighted by Gasteiger charge is -2.26. The molecule has 1 aromatic heterocycles. The summed E-state index contributed by atoms with van der Waals surface area (Å²) in [4.78, 5) is 28.9. The number of thioether (sulfide) groups is 1. The Morgan fingerprint density at radius 1 is 1.31 bits per heavy atom. The van der Waals surface area contributed by atoms with Gasteiger partial charge in [0.05, 0.1) is 5.56 Å². The third kappa shape index (κ3) is 5.81. The maximum Gasteiger partial charge on any atom is 0.251 e. The zero-order valence-corrected chi connectivity index (χ0v) is 18.1. The van der Waals surface area contributed by atoms with Crippen molar-refractivity contribution in [2.75, 3.05) is 24.2 Å². The molecule has 2 heterocycles. The minimum absolute atomic E-state index is 0.115. The van der Waals surface area contributed by atoms with Gasteiger partial charge in [0.1, 0.15) is 10.8 Å². The van der Waals surface area contributed by atoms with E-state index in [1.165, 1.54) is 23.5 Å². The molecular weight excluding hydrogens is 409 g/mol. The molecule has 1 aliphatic heterocycles. The number of primary amides is 1. The van der Waals surface area contributed by atoms with Crippen LogP contribution in [-0.4, -0.2) is 35.6 Å². The first-order chi connectivity index (χ1) is 14.0. The number of amides is 2. The lowest BCUT2D eigenvalue weighted by molar-refractivity contribution is -0.116. The summed E-state index contributed by atoms with van der Waals surface area (Å²) in [7, 11) is 0. The summed E-state index contributed by atoms with van der Waals surface area (Å²) in [5, 5.41) is 3.48. The Kier molecular flexibility index (Phi) is 7.69. The first kappa shape index (κ1) is 21.8. The Labute approximate surface area is 178 Å². The highest BCUT2D eigenvalue weighted by Crippen LogP contribution is 2.37. The number of rotatable bonds is 9. The minimum atomic E-state index is -0.478. The summed E-state index contributed by atoms with van der Waals surface area (Å²) in [5.74, 6) is -0.0884. The third-order valence-corrected chi connectivity index (χ3v) is 7.04. The SMILES string of the molecule is CCCN1CCc2c(sc(NC(=O)CCCSc3ccc(F)cc3)c2C(N)=O)C1. The molecule has 3 rings (SSSR count). The summed E-state index contributed by atoms with van der Waals surface area (Å²) in [6.45, 7) is 4.89. The average Bonchev–Trinajstić information content (AvgIpc) is 3.04.